The van der Waals surface area contributed by atoms with Crippen molar-refractivity contribution in [1.29, 1.82) is 0 Å². The number of nitrogens with zero attached hydrogens (tertiary/aromatic N) is 1. The number of amides is 1. The Morgan fingerprint density at radius 1 is 1.03 bits per heavy atom. The lowest BCUT2D eigenvalue weighted by Gasteiger charge is -2.37. The highest BCUT2D eigenvalue weighted by Crippen LogP contribution is 2.37. The fourth-order valence-corrected chi connectivity index (χ4v) is 4.80. The molecule has 1 rings (SSSR count). The lowest BCUT2D eigenvalue weighted by molar-refractivity contribution is -0.154. The first-order valence-corrected chi connectivity index (χ1v) is 13.5. The number of hydrogen-bond donors (Lipinski definition) is 0. The molecule has 0 aromatic rings. The van der Waals surface area contributed by atoms with E-state index in [9.17, 15) is 9.59 Å². The number of likely N-dealkylation sites (tertiary alicyclic amines) is 1. The zero-order valence-electron chi connectivity index (χ0n) is 20.4. The van der Waals surface area contributed by atoms with Gasteiger partial charge in [0.25, 0.3) is 0 Å². The van der Waals surface area contributed by atoms with Crippen molar-refractivity contribution in [3.05, 3.63) is 0 Å². The number of carbonyl (C=O) groups is 2. The maximum Gasteiger partial charge on any atom is 0.410 e. The molecule has 0 bridgehead atoms. The maximum absolute atomic E-state index is 12.9. The van der Waals surface area contributed by atoms with Gasteiger partial charge in [0.15, 0.2) is 9.04 Å². The molecule has 0 N–H and O–H groups in total. The summed E-state index contributed by atoms with van der Waals surface area (Å²) in [5, 5.41) is 0. The van der Waals surface area contributed by atoms with Gasteiger partial charge in [0.2, 0.25) is 0 Å². The van der Waals surface area contributed by atoms with Gasteiger partial charge in [-0.15, -0.1) is 0 Å². The lowest BCUT2D eigenvalue weighted by Crippen LogP contribution is -2.43. The molecular formula is C22H43NO5Si. The summed E-state index contributed by atoms with van der Waals surface area (Å²) in [4.78, 5) is 26.9. The third kappa shape index (κ3) is 8.28. The van der Waals surface area contributed by atoms with Crippen molar-refractivity contribution in [2.24, 2.45) is 16.7 Å². The van der Waals surface area contributed by atoms with Crippen LogP contribution in [0.4, 0.5) is 4.79 Å². The summed E-state index contributed by atoms with van der Waals surface area (Å²) in [7, 11) is -1.26. The van der Waals surface area contributed by atoms with Crippen LogP contribution in [0.15, 0.2) is 0 Å². The summed E-state index contributed by atoms with van der Waals surface area (Å²) < 4.78 is 17.6. The zero-order chi connectivity index (χ0) is 22.8. The van der Waals surface area contributed by atoms with Crippen molar-refractivity contribution in [3.8, 4) is 0 Å². The monoisotopic (exact) mass is 429 g/mol. The van der Waals surface area contributed by atoms with Gasteiger partial charge in [0, 0.05) is 12.5 Å². The maximum atomic E-state index is 12.9. The van der Waals surface area contributed by atoms with Crippen LogP contribution in [0.25, 0.3) is 0 Å². The van der Waals surface area contributed by atoms with Gasteiger partial charge >= 0.3 is 12.1 Å². The molecule has 29 heavy (non-hydrogen) atoms. The molecule has 6 nitrogen and oxygen atoms in total. The lowest BCUT2D eigenvalue weighted by atomic mass is 9.80. The van der Waals surface area contributed by atoms with E-state index in [0.717, 1.165) is 6.42 Å². The van der Waals surface area contributed by atoms with E-state index in [1.165, 1.54) is 0 Å². The van der Waals surface area contributed by atoms with Crippen LogP contribution < -0.4 is 0 Å². The first kappa shape index (κ1) is 26.0. The van der Waals surface area contributed by atoms with E-state index in [1.54, 1.807) is 4.90 Å². The zero-order valence-corrected chi connectivity index (χ0v) is 21.6. The number of esters is 1. The SMILES string of the molecule is C[SiH](C)OC(C1C[C@@H](COC(=O)C(C)(C)C)N(C(=O)OC(C)(C)C)C1)C(C)(C)C. The topological polar surface area (TPSA) is 65.1 Å². The highest BCUT2D eigenvalue weighted by atomic mass is 28.3. The molecular weight excluding hydrogens is 386 g/mol. The Morgan fingerprint density at radius 2 is 1.59 bits per heavy atom. The van der Waals surface area contributed by atoms with Crippen molar-refractivity contribution >= 4 is 21.1 Å². The van der Waals surface area contributed by atoms with Crippen molar-refractivity contribution in [2.75, 3.05) is 13.2 Å². The molecule has 7 heteroatoms. The van der Waals surface area contributed by atoms with Crippen molar-refractivity contribution in [2.45, 2.75) is 99.6 Å². The predicted octanol–water partition coefficient (Wildman–Crippen LogP) is 4.62. The van der Waals surface area contributed by atoms with Crippen molar-refractivity contribution < 1.29 is 23.5 Å². The predicted molar refractivity (Wildman–Crippen MR) is 118 cm³/mol. The van der Waals surface area contributed by atoms with E-state index in [4.69, 9.17) is 13.9 Å². The standard InChI is InChI=1S/C22H43NO5Si/c1-20(2,3)17(28-29(10)11)15-12-16(14-26-18(24)21(4,5)6)23(13-15)19(25)27-22(7,8)9/h15-17,29H,12-14H2,1-11H3/t15?,16-,17?/m0/s1. The Morgan fingerprint density at radius 3 is 2.00 bits per heavy atom. The van der Waals surface area contributed by atoms with Crippen LogP contribution in [-0.2, 0) is 18.7 Å². The molecule has 1 saturated heterocycles. The first-order valence-electron chi connectivity index (χ1n) is 10.7. The third-order valence-electron chi connectivity index (χ3n) is 4.79. The second-order valence-corrected chi connectivity index (χ2v) is 14.0. The molecule has 3 atom stereocenters. The molecule has 0 spiro atoms. The van der Waals surface area contributed by atoms with E-state index in [2.05, 4.69) is 33.9 Å². The van der Waals surface area contributed by atoms with Gasteiger partial charge in [-0.05, 0) is 66.5 Å². The number of carbonyl (C=O) groups excluding carboxylic acids is 2. The molecule has 2 unspecified atom stereocenters. The second kappa shape index (κ2) is 9.37. The molecule has 170 valence electrons. The van der Waals surface area contributed by atoms with Gasteiger partial charge in [0.1, 0.15) is 12.2 Å². The smallest absolute Gasteiger partial charge is 0.410 e. The Labute approximate surface area is 179 Å². The van der Waals surface area contributed by atoms with Gasteiger partial charge in [-0.2, -0.15) is 0 Å². The van der Waals surface area contributed by atoms with E-state index < -0.39 is 20.1 Å². The fraction of sp³-hybridized carbons (Fsp3) is 0.909. The summed E-state index contributed by atoms with van der Waals surface area (Å²) in [5.74, 6) is -0.0842. The quantitative estimate of drug-likeness (QED) is 0.471. The Kier molecular flexibility index (Phi) is 8.39. The number of ether oxygens (including phenoxy) is 2. The van der Waals surface area contributed by atoms with Crippen LogP contribution in [0.5, 0.6) is 0 Å². The molecule has 1 amide bonds. The summed E-state index contributed by atoms with van der Waals surface area (Å²) in [6, 6.07) is -0.205. The largest absolute Gasteiger partial charge is 0.463 e. The van der Waals surface area contributed by atoms with Crippen LogP contribution in [0.3, 0.4) is 0 Å². The van der Waals surface area contributed by atoms with Gasteiger partial charge in [-0.25, -0.2) is 4.79 Å². The average Bonchev–Trinajstić information content (AvgIpc) is 2.90. The highest BCUT2D eigenvalue weighted by Gasteiger charge is 2.45. The minimum Gasteiger partial charge on any atom is -0.463 e. The molecule has 1 aliphatic heterocycles. The molecule has 1 aliphatic rings. The minimum absolute atomic E-state index is 0.0431. The highest BCUT2D eigenvalue weighted by molar-refractivity contribution is 6.48. The molecule has 0 radical (unpaired) electrons. The summed E-state index contributed by atoms with van der Waals surface area (Å²) in [5.41, 5.74) is -1.19. The van der Waals surface area contributed by atoms with E-state index in [0.29, 0.717) is 6.54 Å². The fourth-order valence-electron chi connectivity index (χ4n) is 3.58. The van der Waals surface area contributed by atoms with Crippen LogP contribution in [0, 0.1) is 16.7 Å². The number of rotatable bonds is 5. The minimum atomic E-state index is -1.26. The summed E-state index contributed by atoms with van der Waals surface area (Å²) >= 11 is 0. The van der Waals surface area contributed by atoms with Gasteiger partial charge < -0.3 is 18.8 Å². The molecule has 0 saturated carbocycles. The van der Waals surface area contributed by atoms with Crippen molar-refractivity contribution in [3.63, 3.8) is 0 Å². The second-order valence-electron chi connectivity index (χ2n) is 11.6. The Balaban J connectivity index is 3.04. The number of hydrogen-bond acceptors (Lipinski definition) is 5. The summed E-state index contributed by atoms with van der Waals surface area (Å²) in [6.45, 7) is 22.7. The molecule has 1 heterocycles. The van der Waals surface area contributed by atoms with Gasteiger partial charge in [0.05, 0.1) is 17.6 Å². The normalized spacial score (nSPS) is 22.0. The van der Waals surface area contributed by atoms with E-state index in [1.807, 2.05) is 41.5 Å². The molecule has 1 fully saturated rings. The van der Waals surface area contributed by atoms with Crippen LogP contribution in [0.1, 0.15) is 68.7 Å². The van der Waals surface area contributed by atoms with E-state index >= 15 is 0 Å². The van der Waals surface area contributed by atoms with Gasteiger partial charge in [-0.3, -0.25) is 4.79 Å². The van der Waals surface area contributed by atoms with Crippen molar-refractivity contribution in [1.82, 2.24) is 4.90 Å². The van der Waals surface area contributed by atoms with Crippen LogP contribution in [-0.4, -0.2) is 56.9 Å². The van der Waals surface area contributed by atoms with Crippen LogP contribution >= 0.6 is 0 Å². The Bertz CT molecular complexity index is 571. The molecule has 0 aromatic carbocycles. The molecule has 0 aliphatic carbocycles. The molecule has 0 aromatic heterocycles. The van der Waals surface area contributed by atoms with Gasteiger partial charge in [-0.1, -0.05) is 20.8 Å². The van der Waals surface area contributed by atoms with E-state index in [-0.39, 0.29) is 42.1 Å². The first-order chi connectivity index (χ1) is 12.9. The third-order valence-corrected chi connectivity index (χ3v) is 5.63. The summed E-state index contributed by atoms with van der Waals surface area (Å²) in [6.07, 6.45) is 0.424. The van der Waals surface area contributed by atoms with Crippen LogP contribution in [0.2, 0.25) is 13.1 Å². The average molecular weight is 430 g/mol. The Hall–Kier alpha value is -1.08.